The van der Waals surface area contributed by atoms with E-state index in [9.17, 15) is 0 Å². The Morgan fingerprint density at radius 3 is 2.05 bits per heavy atom. The lowest BCUT2D eigenvalue weighted by Crippen LogP contribution is -1.81. The molecule has 0 atom stereocenters. The lowest BCUT2D eigenvalue weighted by molar-refractivity contribution is 1.28. The lowest BCUT2D eigenvalue weighted by atomic mass is 10.2. The Morgan fingerprint density at radius 1 is 0.737 bits per heavy atom. The molecule has 0 unspecified atom stereocenters. The van der Waals surface area contributed by atoms with Crippen molar-refractivity contribution in [2.75, 3.05) is 0 Å². The third-order valence-electron chi connectivity index (χ3n) is 2.56. The lowest BCUT2D eigenvalue weighted by Gasteiger charge is -1.96. The first-order chi connectivity index (χ1) is 9.36. The van der Waals surface area contributed by atoms with Crippen LogP contribution in [0.15, 0.2) is 79.3 Å². The van der Waals surface area contributed by atoms with Crippen molar-refractivity contribution in [2.45, 2.75) is 6.92 Å². The van der Waals surface area contributed by atoms with Gasteiger partial charge in [-0.25, -0.2) is 0 Å². The number of nitrogens with zero attached hydrogens (tertiary/aromatic N) is 2. The molecule has 3 rings (SSSR count). The average molecular weight is 248 g/mol. The van der Waals surface area contributed by atoms with E-state index in [2.05, 4.69) is 29.0 Å². The largest absolute Gasteiger partial charge is 0.264 e. The molecule has 0 saturated heterocycles. The molecule has 0 radical (unpaired) electrons. The summed E-state index contributed by atoms with van der Waals surface area (Å²) >= 11 is 0. The Balaban J connectivity index is 0.000000163. The van der Waals surface area contributed by atoms with Gasteiger partial charge in [0.05, 0.1) is 5.69 Å². The SMILES string of the molecule is Cc1ccccc1.c1ccc(-c2cccnc2)nc1. The summed E-state index contributed by atoms with van der Waals surface area (Å²) < 4.78 is 0. The van der Waals surface area contributed by atoms with Crippen LogP contribution in [0, 0.1) is 6.92 Å². The summed E-state index contributed by atoms with van der Waals surface area (Å²) in [5.41, 5.74) is 3.34. The zero-order chi connectivity index (χ0) is 13.3. The van der Waals surface area contributed by atoms with Crippen LogP contribution < -0.4 is 0 Å². The van der Waals surface area contributed by atoms with E-state index in [4.69, 9.17) is 0 Å². The third kappa shape index (κ3) is 4.36. The highest BCUT2D eigenvalue weighted by Crippen LogP contribution is 2.12. The van der Waals surface area contributed by atoms with Crippen molar-refractivity contribution < 1.29 is 0 Å². The smallest absolute Gasteiger partial charge is 0.0717 e. The fourth-order valence-electron chi connectivity index (χ4n) is 1.58. The van der Waals surface area contributed by atoms with Crippen molar-refractivity contribution in [3.8, 4) is 11.3 Å². The van der Waals surface area contributed by atoms with Gasteiger partial charge in [0.1, 0.15) is 0 Å². The molecule has 0 aliphatic carbocycles. The summed E-state index contributed by atoms with van der Waals surface area (Å²) in [5, 5.41) is 0. The Kier molecular flexibility index (Phi) is 4.82. The van der Waals surface area contributed by atoms with Crippen LogP contribution in [-0.4, -0.2) is 9.97 Å². The van der Waals surface area contributed by atoms with Gasteiger partial charge in [0.15, 0.2) is 0 Å². The minimum absolute atomic E-state index is 0.964. The standard InChI is InChI=1S/C10H8N2.C7H8/c1-2-7-12-10(5-1)9-4-3-6-11-8-9;1-7-5-3-2-4-6-7/h1-8H;2-6H,1H3. The molecule has 2 heteroatoms. The van der Waals surface area contributed by atoms with Crippen molar-refractivity contribution >= 4 is 0 Å². The molecule has 19 heavy (non-hydrogen) atoms. The van der Waals surface area contributed by atoms with Crippen molar-refractivity contribution in [2.24, 2.45) is 0 Å². The summed E-state index contributed by atoms with van der Waals surface area (Å²) in [5.74, 6) is 0. The van der Waals surface area contributed by atoms with Crippen molar-refractivity contribution in [1.82, 2.24) is 9.97 Å². The van der Waals surface area contributed by atoms with Crippen LogP contribution in [0.25, 0.3) is 11.3 Å². The number of rotatable bonds is 1. The molecule has 0 N–H and O–H groups in total. The molecule has 1 aromatic carbocycles. The molecule has 3 aromatic rings. The van der Waals surface area contributed by atoms with E-state index in [0.717, 1.165) is 11.3 Å². The number of hydrogen-bond acceptors (Lipinski definition) is 2. The quantitative estimate of drug-likeness (QED) is 0.647. The summed E-state index contributed by atoms with van der Waals surface area (Å²) in [6.07, 6.45) is 5.34. The predicted molar refractivity (Wildman–Crippen MR) is 78.6 cm³/mol. The molecule has 0 bridgehead atoms. The van der Waals surface area contributed by atoms with Gasteiger partial charge in [0.25, 0.3) is 0 Å². The second-order valence-electron chi connectivity index (χ2n) is 4.11. The molecule has 0 spiro atoms. The van der Waals surface area contributed by atoms with Crippen LogP contribution in [0.1, 0.15) is 5.56 Å². The Bertz CT molecular complexity index is 540. The van der Waals surface area contributed by atoms with Crippen LogP contribution in [-0.2, 0) is 0 Å². The molecule has 94 valence electrons. The molecular formula is C17H16N2. The molecule has 0 aliphatic heterocycles. The van der Waals surface area contributed by atoms with E-state index in [1.54, 1.807) is 12.4 Å². The summed E-state index contributed by atoms with van der Waals surface area (Å²) in [6, 6.07) is 20.0. The first-order valence-electron chi connectivity index (χ1n) is 6.19. The maximum atomic E-state index is 4.21. The Hall–Kier alpha value is -2.48. The average Bonchev–Trinajstić information content (AvgIpc) is 2.51. The molecule has 0 amide bonds. The van der Waals surface area contributed by atoms with Gasteiger partial charge in [-0.15, -0.1) is 0 Å². The van der Waals surface area contributed by atoms with Crippen LogP contribution in [0.4, 0.5) is 0 Å². The Morgan fingerprint density at radius 2 is 1.53 bits per heavy atom. The van der Waals surface area contributed by atoms with E-state index in [1.807, 2.05) is 54.7 Å². The monoisotopic (exact) mass is 248 g/mol. The van der Waals surface area contributed by atoms with Crippen molar-refractivity contribution in [3.63, 3.8) is 0 Å². The number of benzene rings is 1. The number of aryl methyl sites for hydroxylation is 1. The third-order valence-corrected chi connectivity index (χ3v) is 2.56. The van der Waals surface area contributed by atoms with Gasteiger partial charge in [0.2, 0.25) is 0 Å². The highest BCUT2D eigenvalue weighted by Gasteiger charge is 1.94. The van der Waals surface area contributed by atoms with E-state index < -0.39 is 0 Å². The van der Waals surface area contributed by atoms with Crippen molar-refractivity contribution in [3.05, 3.63) is 84.8 Å². The normalized spacial score (nSPS) is 9.32. The van der Waals surface area contributed by atoms with Gasteiger partial charge in [-0.05, 0) is 31.2 Å². The van der Waals surface area contributed by atoms with E-state index in [-0.39, 0.29) is 0 Å². The van der Waals surface area contributed by atoms with E-state index in [0.29, 0.717) is 0 Å². The first-order valence-corrected chi connectivity index (χ1v) is 6.19. The molecule has 0 aliphatic rings. The maximum Gasteiger partial charge on any atom is 0.0717 e. The molecular weight excluding hydrogens is 232 g/mol. The fourth-order valence-corrected chi connectivity index (χ4v) is 1.58. The van der Waals surface area contributed by atoms with Gasteiger partial charge < -0.3 is 0 Å². The molecule has 2 nitrogen and oxygen atoms in total. The van der Waals surface area contributed by atoms with Gasteiger partial charge in [-0.2, -0.15) is 0 Å². The predicted octanol–water partition coefficient (Wildman–Crippen LogP) is 4.14. The van der Waals surface area contributed by atoms with Crippen molar-refractivity contribution in [1.29, 1.82) is 0 Å². The van der Waals surface area contributed by atoms with Gasteiger partial charge >= 0.3 is 0 Å². The minimum atomic E-state index is 0.964. The summed E-state index contributed by atoms with van der Waals surface area (Å²) in [6.45, 7) is 2.08. The van der Waals surface area contributed by atoms with Crippen LogP contribution in [0.2, 0.25) is 0 Å². The highest BCUT2D eigenvalue weighted by molar-refractivity contribution is 5.56. The van der Waals surface area contributed by atoms with Crippen LogP contribution in [0.3, 0.4) is 0 Å². The highest BCUT2D eigenvalue weighted by atomic mass is 14.7. The van der Waals surface area contributed by atoms with Gasteiger partial charge in [-0.3, -0.25) is 9.97 Å². The second kappa shape index (κ2) is 7.07. The molecule has 0 fully saturated rings. The summed E-state index contributed by atoms with van der Waals surface area (Å²) in [7, 11) is 0. The molecule has 2 aromatic heterocycles. The van der Waals surface area contributed by atoms with Crippen LogP contribution in [0.5, 0.6) is 0 Å². The van der Waals surface area contributed by atoms with Crippen LogP contribution >= 0.6 is 0 Å². The van der Waals surface area contributed by atoms with E-state index >= 15 is 0 Å². The van der Waals surface area contributed by atoms with Gasteiger partial charge in [0, 0.05) is 24.2 Å². The fraction of sp³-hybridized carbons (Fsp3) is 0.0588. The topological polar surface area (TPSA) is 25.8 Å². The molecule has 0 saturated carbocycles. The second-order valence-corrected chi connectivity index (χ2v) is 4.11. The maximum absolute atomic E-state index is 4.21. The Labute approximate surface area is 113 Å². The zero-order valence-electron chi connectivity index (χ0n) is 10.9. The first kappa shape index (κ1) is 13.0. The number of aromatic nitrogens is 2. The zero-order valence-corrected chi connectivity index (χ0v) is 10.9. The molecule has 2 heterocycles. The summed E-state index contributed by atoms with van der Waals surface area (Å²) in [4.78, 5) is 8.23. The minimum Gasteiger partial charge on any atom is -0.264 e. The number of pyridine rings is 2. The number of hydrogen-bond donors (Lipinski definition) is 0. The van der Waals surface area contributed by atoms with Gasteiger partial charge in [-0.1, -0.05) is 42.0 Å². The van der Waals surface area contributed by atoms with E-state index in [1.165, 1.54) is 5.56 Å².